The van der Waals surface area contributed by atoms with Crippen molar-refractivity contribution in [2.24, 2.45) is 5.92 Å². The zero-order chi connectivity index (χ0) is 30.8. The van der Waals surface area contributed by atoms with Crippen LogP contribution in [0.1, 0.15) is 60.4 Å². The van der Waals surface area contributed by atoms with Crippen molar-refractivity contribution < 1.29 is 23.9 Å². The number of carbonyl (C=O) groups is 4. The third-order valence-corrected chi connectivity index (χ3v) is 7.61. The van der Waals surface area contributed by atoms with Crippen molar-refractivity contribution in [1.82, 2.24) is 25.1 Å². The first-order chi connectivity index (χ1) is 20.8. The number of ether oxygens (including phenoxy) is 1. The van der Waals surface area contributed by atoms with Gasteiger partial charge in [-0.3, -0.25) is 19.2 Å². The summed E-state index contributed by atoms with van der Waals surface area (Å²) in [4.78, 5) is 62.5. The van der Waals surface area contributed by atoms with E-state index >= 15 is 0 Å². The standard InChI is InChI=1S/C32H40N6O5/c1-4-22(2)30(40)35-13-8-16-37-20-25-17-24(11-12-26(25)36-27(32(37)42)18-29(39)43-3)31(41)38(21-28-33-14-15-34-28)19-23-9-6-5-7-10-23/h5-7,9-12,14-15,17,22,27,36H,4,8,13,16,18-21H2,1-3H3,(H,33,34)(H,35,40)/t22-,27+/m0/s1. The third kappa shape index (κ3) is 8.43. The summed E-state index contributed by atoms with van der Waals surface area (Å²) in [6, 6.07) is 14.2. The Hall–Kier alpha value is -4.67. The number of aromatic nitrogens is 2. The van der Waals surface area contributed by atoms with Gasteiger partial charge in [0.2, 0.25) is 11.8 Å². The molecule has 0 unspecified atom stereocenters. The van der Waals surface area contributed by atoms with Gasteiger partial charge in [0.15, 0.2) is 0 Å². The van der Waals surface area contributed by atoms with Crippen molar-refractivity contribution >= 4 is 29.4 Å². The van der Waals surface area contributed by atoms with Crippen LogP contribution in [0.25, 0.3) is 0 Å². The van der Waals surface area contributed by atoms with E-state index in [2.05, 4.69) is 20.6 Å². The molecule has 1 aliphatic rings. The highest BCUT2D eigenvalue weighted by atomic mass is 16.5. The number of amides is 3. The maximum atomic E-state index is 13.9. The molecule has 0 aliphatic carbocycles. The van der Waals surface area contributed by atoms with E-state index in [0.29, 0.717) is 49.7 Å². The van der Waals surface area contributed by atoms with Crippen LogP contribution in [-0.4, -0.2) is 69.7 Å². The molecule has 0 saturated carbocycles. The molecular weight excluding hydrogens is 548 g/mol. The monoisotopic (exact) mass is 588 g/mol. The molecule has 43 heavy (non-hydrogen) atoms. The van der Waals surface area contributed by atoms with Gasteiger partial charge >= 0.3 is 5.97 Å². The third-order valence-electron chi connectivity index (χ3n) is 7.61. The van der Waals surface area contributed by atoms with Crippen molar-refractivity contribution in [3.8, 4) is 0 Å². The highest BCUT2D eigenvalue weighted by Gasteiger charge is 2.32. The summed E-state index contributed by atoms with van der Waals surface area (Å²) in [5, 5.41) is 6.13. The number of benzene rings is 2. The predicted octanol–water partition coefficient (Wildman–Crippen LogP) is 3.49. The Morgan fingerprint density at radius 3 is 2.65 bits per heavy atom. The number of H-pyrrole nitrogens is 1. The molecule has 2 aromatic carbocycles. The Bertz CT molecular complexity index is 1390. The van der Waals surface area contributed by atoms with Crippen LogP contribution in [0.4, 0.5) is 5.69 Å². The van der Waals surface area contributed by atoms with Crippen molar-refractivity contribution in [1.29, 1.82) is 0 Å². The molecule has 3 N–H and O–H groups in total. The summed E-state index contributed by atoms with van der Waals surface area (Å²) in [5.41, 5.74) is 2.89. The summed E-state index contributed by atoms with van der Waals surface area (Å²) in [6.07, 6.45) is 4.53. The van der Waals surface area contributed by atoms with Crippen LogP contribution in [0.3, 0.4) is 0 Å². The van der Waals surface area contributed by atoms with Gasteiger partial charge in [0.25, 0.3) is 5.91 Å². The van der Waals surface area contributed by atoms with Crippen LogP contribution < -0.4 is 10.6 Å². The molecule has 0 bridgehead atoms. The van der Waals surface area contributed by atoms with Gasteiger partial charge in [-0.15, -0.1) is 0 Å². The lowest BCUT2D eigenvalue weighted by Crippen LogP contribution is -2.43. The second-order valence-electron chi connectivity index (χ2n) is 10.7. The number of hydrogen-bond donors (Lipinski definition) is 3. The number of methoxy groups -OCH3 is 1. The normalized spacial score (nSPS) is 15.1. The second-order valence-corrected chi connectivity index (χ2v) is 10.7. The van der Waals surface area contributed by atoms with E-state index in [9.17, 15) is 19.2 Å². The average molecular weight is 589 g/mol. The van der Waals surface area contributed by atoms with Crippen LogP contribution in [0.15, 0.2) is 60.9 Å². The molecule has 0 saturated heterocycles. The number of nitrogens with one attached hydrogen (secondary N) is 3. The van der Waals surface area contributed by atoms with Crippen molar-refractivity contribution in [3.63, 3.8) is 0 Å². The maximum absolute atomic E-state index is 13.9. The lowest BCUT2D eigenvalue weighted by molar-refractivity contribution is -0.144. The summed E-state index contributed by atoms with van der Waals surface area (Å²) in [7, 11) is 1.29. The minimum Gasteiger partial charge on any atom is -0.469 e. The Morgan fingerprint density at radius 2 is 1.95 bits per heavy atom. The van der Waals surface area contributed by atoms with Crippen LogP contribution in [0.2, 0.25) is 0 Å². The van der Waals surface area contributed by atoms with Gasteiger partial charge in [0.1, 0.15) is 11.9 Å². The number of aromatic amines is 1. The molecule has 11 heteroatoms. The number of nitrogens with zero attached hydrogens (tertiary/aromatic N) is 3. The van der Waals surface area contributed by atoms with E-state index in [1.807, 2.05) is 44.2 Å². The lowest BCUT2D eigenvalue weighted by atomic mass is 10.1. The number of rotatable bonds is 13. The quantitative estimate of drug-likeness (QED) is 0.205. The zero-order valence-corrected chi connectivity index (χ0v) is 25.0. The first-order valence-corrected chi connectivity index (χ1v) is 14.6. The lowest BCUT2D eigenvalue weighted by Gasteiger charge is -2.24. The van der Waals surface area contributed by atoms with E-state index in [1.165, 1.54) is 7.11 Å². The largest absolute Gasteiger partial charge is 0.469 e. The molecule has 228 valence electrons. The Labute approximate surface area is 252 Å². The van der Waals surface area contributed by atoms with Crippen LogP contribution >= 0.6 is 0 Å². The minimum absolute atomic E-state index is 0.0157. The molecule has 3 amide bonds. The summed E-state index contributed by atoms with van der Waals surface area (Å²) < 4.78 is 4.84. The highest BCUT2D eigenvalue weighted by Crippen LogP contribution is 2.27. The molecule has 3 aromatic rings. The average Bonchev–Trinajstić information content (AvgIpc) is 3.50. The fourth-order valence-corrected chi connectivity index (χ4v) is 4.92. The molecule has 2 heterocycles. The number of imidazole rings is 1. The van der Waals surface area contributed by atoms with Crippen molar-refractivity contribution in [3.05, 3.63) is 83.4 Å². The second kappa shape index (κ2) is 15.0. The molecule has 0 spiro atoms. The van der Waals surface area contributed by atoms with Gasteiger partial charge in [-0.1, -0.05) is 44.2 Å². The van der Waals surface area contributed by atoms with E-state index in [1.54, 1.807) is 40.4 Å². The molecule has 2 atom stereocenters. The fraction of sp³-hybridized carbons (Fsp3) is 0.406. The zero-order valence-electron chi connectivity index (χ0n) is 25.0. The van der Waals surface area contributed by atoms with E-state index in [-0.39, 0.29) is 36.6 Å². The molecule has 11 nitrogen and oxygen atoms in total. The van der Waals surface area contributed by atoms with Gasteiger partial charge in [0.05, 0.1) is 20.1 Å². The summed E-state index contributed by atoms with van der Waals surface area (Å²) in [6.45, 7) is 5.57. The van der Waals surface area contributed by atoms with Crippen molar-refractivity contribution in [2.45, 2.75) is 58.8 Å². The summed E-state index contributed by atoms with van der Waals surface area (Å²) in [5.74, 6) is -0.348. The smallest absolute Gasteiger partial charge is 0.308 e. The molecule has 4 rings (SSSR count). The molecule has 0 fully saturated rings. The molecular formula is C32H40N6O5. The maximum Gasteiger partial charge on any atom is 0.308 e. The number of anilines is 1. The van der Waals surface area contributed by atoms with E-state index < -0.39 is 12.0 Å². The SMILES string of the molecule is CC[C@H](C)C(=O)NCCCN1Cc2cc(C(=O)N(Cc3ccccc3)Cc3ncc[nH]3)ccc2N[C@H](CC(=O)OC)C1=O. The highest BCUT2D eigenvalue weighted by molar-refractivity contribution is 5.96. The predicted molar refractivity (Wildman–Crippen MR) is 162 cm³/mol. The number of fused-ring (bicyclic) bond motifs is 1. The molecule has 1 aromatic heterocycles. The van der Waals surface area contributed by atoms with E-state index in [4.69, 9.17) is 4.74 Å². The number of esters is 1. The Balaban J connectivity index is 1.56. The van der Waals surface area contributed by atoms with Gasteiger partial charge in [-0.05, 0) is 42.2 Å². The Kier molecular flexibility index (Phi) is 10.9. The Morgan fingerprint density at radius 1 is 1.16 bits per heavy atom. The van der Waals surface area contributed by atoms with E-state index in [0.717, 1.165) is 17.5 Å². The first kappa shape index (κ1) is 31.3. The molecule has 1 aliphatic heterocycles. The minimum atomic E-state index is -0.821. The fourth-order valence-electron chi connectivity index (χ4n) is 4.92. The van der Waals surface area contributed by atoms with Gasteiger partial charge in [0, 0.05) is 55.7 Å². The van der Waals surface area contributed by atoms with Gasteiger partial charge in [-0.2, -0.15) is 0 Å². The van der Waals surface area contributed by atoms with Crippen LogP contribution in [-0.2, 0) is 38.8 Å². The van der Waals surface area contributed by atoms with Crippen LogP contribution in [0.5, 0.6) is 0 Å². The summed E-state index contributed by atoms with van der Waals surface area (Å²) >= 11 is 0. The van der Waals surface area contributed by atoms with Crippen LogP contribution in [0, 0.1) is 5.92 Å². The van der Waals surface area contributed by atoms with Crippen molar-refractivity contribution in [2.75, 3.05) is 25.5 Å². The van der Waals surface area contributed by atoms with Gasteiger partial charge in [-0.25, -0.2) is 4.98 Å². The first-order valence-electron chi connectivity index (χ1n) is 14.6. The topological polar surface area (TPSA) is 137 Å². The number of hydrogen-bond acceptors (Lipinski definition) is 7. The van der Waals surface area contributed by atoms with Gasteiger partial charge < -0.3 is 30.2 Å². The molecule has 0 radical (unpaired) electrons. The number of carbonyl (C=O) groups excluding carboxylic acids is 4.